The van der Waals surface area contributed by atoms with Crippen molar-refractivity contribution >= 4 is 23.7 Å². The van der Waals surface area contributed by atoms with Gasteiger partial charge in [-0.3, -0.25) is 4.79 Å². The van der Waals surface area contributed by atoms with Gasteiger partial charge in [-0.05, 0) is 82.2 Å². The number of halogens is 3. The fourth-order valence-electron chi connectivity index (χ4n) is 4.66. The molecule has 1 fully saturated rings. The van der Waals surface area contributed by atoms with Gasteiger partial charge in [0.1, 0.15) is 11.3 Å². The summed E-state index contributed by atoms with van der Waals surface area (Å²) in [6.07, 6.45) is -1.29. The van der Waals surface area contributed by atoms with Crippen molar-refractivity contribution < 1.29 is 42.1 Å². The number of carboxylic acids is 1. The maximum atomic E-state index is 13.8. The van der Waals surface area contributed by atoms with Gasteiger partial charge >= 0.3 is 18.2 Å². The van der Waals surface area contributed by atoms with E-state index in [4.69, 9.17) is 9.47 Å². The largest absolute Gasteiger partial charge is 0.478 e. The van der Waals surface area contributed by atoms with Crippen LogP contribution >= 0.6 is 0 Å². The third-order valence-corrected chi connectivity index (χ3v) is 6.72. The Morgan fingerprint density at radius 1 is 1.15 bits per heavy atom. The minimum atomic E-state index is -4.85. The number of alkyl carbamates (subject to hydrolysis) is 1. The quantitative estimate of drug-likeness (QED) is 0.361. The molecule has 2 amide bonds. The fraction of sp³-hybridized carbons (Fsp3) is 0.500. The number of aromatic nitrogens is 1. The summed E-state index contributed by atoms with van der Waals surface area (Å²) in [5, 5.41) is 12.3. The summed E-state index contributed by atoms with van der Waals surface area (Å²) in [6, 6.07) is 4.19. The van der Waals surface area contributed by atoms with E-state index in [0.29, 0.717) is 18.8 Å². The summed E-state index contributed by atoms with van der Waals surface area (Å²) < 4.78 is 51.6. The zero-order valence-electron chi connectivity index (χ0n) is 22.9. The standard InChI is InChI=1S/C28H34F3N3O6/c1-5-39-27(38)33-15-18-12-22(28(29,30)31)24(32-14-18)40-20-10-11-23(21(13-20)26(36)37)34(16(2)3)25(35)19-8-6-17(4)7-9-19/h10-14,16-17,19H,5-9,15H2,1-4H3,(H,33,38)(H,36,37). The summed E-state index contributed by atoms with van der Waals surface area (Å²) in [4.78, 5) is 42.4. The highest BCUT2D eigenvalue weighted by Crippen LogP contribution is 2.39. The number of carbonyl (C=O) groups is 3. The molecule has 12 heteroatoms. The number of carbonyl (C=O) groups excluding carboxylic acids is 2. The van der Waals surface area contributed by atoms with Crippen LogP contribution in [0.25, 0.3) is 0 Å². The Kier molecular flexibility index (Phi) is 9.99. The van der Waals surface area contributed by atoms with Crippen molar-refractivity contribution in [2.75, 3.05) is 11.5 Å². The van der Waals surface area contributed by atoms with Gasteiger partial charge in [0.15, 0.2) is 0 Å². The lowest BCUT2D eigenvalue weighted by molar-refractivity contribution is -0.139. The highest BCUT2D eigenvalue weighted by Gasteiger charge is 2.36. The molecule has 0 unspecified atom stereocenters. The van der Waals surface area contributed by atoms with E-state index in [1.54, 1.807) is 20.8 Å². The molecule has 0 saturated heterocycles. The Hall–Kier alpha value is -3.83. The summed E-state index contributed by atoms with van der Waals surface area (Å²) in [5.41, 5.74) is -1.30. The first-order valence-corrected chi connectivity index (χ1v) is 13.2. The summed E-state index contributed by atoms with van der Waals surface area (Å²) >= 11 is 0. The van der Waals surface area contributed by atoms with E-state index in [9.17, 15) is 32.7 Å². The normalized spacial score (nSPS) is 17.3. The number of rotatable bonds is 9. The van der Waals surface area contributed by atoms with E-state index in [1.165, 1.54) is 17.0 Å². The van der Waals surface area contributed by atoms with Crippen molar-refractivity contribution in [1.82, 2.24) is 10.3 Å². The second-order valence-corrected chi connectivity index (χ2v) is 10.1. The van der Waals surface area contributed by atoms with Crippen LogP contribution in [0, 0.1) is 11.8 Å². The molecule has 0 bridgehead atoms. The molecule has 1 aliphatic rings. The first-order chi connectivity index (χ1) is 18.8. The molecule has 1 aromatic heterocycles. The van der Waals surface area contributed by atoms with Crippen LogP contribution in [0.1, 0.15) is 74.9 Å². The Morgan fingerprint density at radius 2 is 1.82 bits per heavy atom. The van der Waals surface area contributed by atoms with E-state index < -0.39 is 29.7 Å². The van der Waals surface area contributed by atoms with E-state index >= 15 is 0 Å². The van der Waals surface area contributed by atoms with Crippen molar-refractivity contribution in [3.63, 3.8) is 0 Å². The second-order valence-electron chi connectivity index (χ2n) is 10.1. The third-order valence-electron chi connectivity index (χ3n) is 6.72. The molecule has 0 aliphatic heterocycles. The zero-order valence-corrected chi connectivity index (χ0v) is 22.9. The van der Waals surface area contributed by atoms with Gasteiger partial charge in [0.2, 0.25) is 11.8 Å². The van der Waals surface area contributed by atoms with Crippen LogP contribution in [0.5, 0.6) is 11.6 Å². The number of nitrogens with one attached hydrogen (secondary N) is 1. The number of pyridine rings is 1. The smallest absolute Gasteiger partial charge is 0.421 e. The molecular formula is C28H34F3N3O6. The van der Waals surface area contributed by atoms with Gasteiger partial charge in [0.05, 0.1) is 17.9 Å². The molecule has 1 saturated carbocycles. The average molecular weight is 566 g/mol. The van der Waals surface area contributed by atoms with Gasteiger partial charge in [0.25, 0.3) is 0 Å². The van der Waals surface area contributed by atoms with Crippen molar-refractivity contribution in [3.8, 4) is 11.6 Å². The van der Waals surface area contributed by atoms with Crippen molar-refractivity contribution in [2.45, 2.75) is 72.1 Å². The number of hydrogen-bond donors (Lipinski definition) is 2. The van der Waals surface area contributed by atoms with Crippen LogP contribution < -0.4 is 15.0 Å². The number of ether oxygens (including phenoxy) is 2. The number of nitrogens with zero attached hydrogens (tertiary/aromatic N) is 2. The molecule has 2 aromatic rings. The van der Waals surface area contributed by atoms with Crippen molar-refractivity contribution in [2.24, 2.45) is 11.8 Å². The number of carboxylic acid groups (broad SMARTS) is 1. The first-order valence-electron chi connectivity index (χ1n) is 13.2. The van der Waals surface area contributed by atoms with Crippen LogP contribution in [0.3, 0.4) is 0 Å². The highest BCUT2D eigenvalue weighted by molar-refractivity contribution is 6.03. The molecule has 218 valence electrons. The minimum Gasteiger partial charge on any atom is -0.478 e. The number of aromatic carboxylic acids is 1. The van der Waals surface area contributed by atoms with E-state index in [-0.39, 0.29) is 53.6 Å². The van der Waals surface area contributed by atoms with Crippen LogP contribution in [0.4, 0.5) is 23.7 Å². The van der Waals surface area contributed by atoms with Crippen LogP contribution in [-0.2, 0) is 22.3 Å². The third kappa shape index (κ3) is 7.64. The molecule has 0 radical (unpaired) electrons. The molecular weight excluding hydrogens is 531 g/mol. The number of benzene rings is 1. The molecule has 0 atom stereocenters. The minimum absolute atomic E-state index is 0.0532. The predicted octanol–water partition coefficient (Wildman–Crippen LogP) is 6.40. The molecule has 0 spiro atoms. The van der Waals surface area contributed by atoms with Gasteiger partial charge in [0, 0.05) is 24.7 Å². The van der Waals surface area contributed by atoms with Gasteiger partial charge in [-0.1, -0.05) is 6.92 Å². The lowest BCUT2D eigenvalue weighted by Gasteiger charge is -2.34. The first kappa shape index (κ1) is 30.7. The Morgan fingerprint density at radius 3 is 2.40 bits per heavy atom. The molecule has 1 aliphatic carbocycles. The lowest BCUT2D eigenvalue weighted by Crippen LogP contribution is -2.42. The summed E-state index contributed by atoms with van der Waals surface area (Å²) in [5.74, 6) is -2.22. The number of alkyl halides is 3. The number of hydrogen-bond acceptors (Lipinski definition) is 6. The molecule has 1 aromatic carbocycles. The Bertz CT molecular complexity index is 1230. The molecule has 3 rings (SSSR count). The van der Waals surface area contributed by atoms with Gasteiger partial charge < -0.3 is 24.8 Å². The average Bonchev–Trinajstić information content (AvgIpc) is 2.88. The van der Waals surface area contributed by atoms with E-state index in [0.717, 1.165) is 31.2 Å². The summed E-state index contributed by atoms with van der Waals surface area (Å²) in [7, 11) is 0. The van der Waals surface area contributed by atoms with Crippen molar-refractivity contribution in [1.29, 1.82) is 0 Å². The maximum absolute atomic E-state index is 13.8. The zero-order chi connectivity index (χ0) is 29.6. The van der Waals surface area contributed by atoms with Gasteiger partial charge in [-0.2, -0.15) is 13.2 Å². The SMILES string of the molecule is CCOC(=O)NCc1cnc(Oc2ccc(N(C(=O)C3CCC(C)CC3)C(C)C)c(C(=O)O)c2)c(C(F)(F)F)c1. The predicted molar refractivity (Wildman–Crippen MR) is 140 cm³/mol. The van der Waals surface area contributed by atoms with Crippen molar-refractivity contribution in [3.05, 3.63) is 47.2 Å². The van der Waals surface area contributed by atoms with Crippen LogP contribution in [0.15, 0.2) is 30.5 Å². The second kappa shape index (κ2) is 13.0. The Labute approximate surface area is 230 Å². The molecule has 1 heterocycles. The number of amides is 2. The van der Waals surface area contributed by atoms with E-state index in [1.807, 2.05) is 0 Å². The van der Waals surface area contributed by atoms with Crippen LogP contribution in [-0.4, -0.2) is 40.7 Å². The number of anilines is 1. The van der Waals surface area contributed by atoms with Gasteiger partial charge in [-0.15, -0.1) is 0 Å². The van der Waals surface area contributed by atoms with Gasteiger partial charge in [-0.25, -0.2) is 14.6 Å². The monoisotopic (exact) mass is 565 g/mol. The maximum Gasteiger partial charge on any atom is 0.421 e. The molecule has 40 heavy (non-hydrogen) atoms. The fourth-order valence-corrected chi connectivity index (χ4v) is 4.66. The van der Waals surface area contributed by atoms with Crippen LogP contribution in [0.2, 0.25) is 0 Å². The van der Waals surface area contributed by atoms with E-state index in [2.05, 4.69) is 17.2 Å². The summed E-state index contributed by atoms with van der Waals surface area (Å²) in [6.45, 7) is 7.12. The Balaban J connectivity index is 1.91. The molecule has 2 N–H and O–H groups in total. The lowest BCUT2D eigenvalue weighted by atomic mass is 9.82. The topological polar surface area (TPSA) is 118 Å². The highest BCUT2D eigenvalue weighted by atomic mass is 19.4. The molecule has 9 nitrogen and oxygen atoms in total.